The zero-order chi connectivity index (χ0) is 17.4. The van der Waals surface area contributed by atoms with Crippen LogP contribution < -0.4 is 16.0 Å². The second-order valence-corrected chi connectivity index (χ2v) is 7.08. The van der Waals surface area contributed by atoms with Gasteiger partial charge in [-0.1, -0.05) is 38.5 Å². The summed E-state index contributed by atoms with van der Waals surface area (Å²) in [7, 11) is 0. The van der Waals surface area contributed by atoms with E-state index in [4.69, 9.17) is 0 Å². The van der Waals surface area contributed by atoms with Crippen LogP contribution in [0.25, 0.3) is 0 Å². The fourth-order valence-corrected chi connectivity index (χ4v) is 3.67. The third-order valence-corrected chi connectivity index (χ3v) is 5.24. The van der Waals surface area contributed by atoms with Gasteiger partial charge in [0.05, 0.1) is 12.0 Å². The van der Waals surface area contributed by atoms with Crippen LogP contribution in [0.1, 0.15) is 64.2 Å². The van der Waals surface area contributed by atoms with Gasteiger partial charge in [0.15, 0.2) is 0 Å². The number of carbonyl (C=O) groups excluding carboxylic acids is 2. The van der Waals surface area contributed by atoms with Crippen LogP contribution in [-0.2, 0) is 9.59 Å². The molecule has 2 rings (SSSR count). The number of carboxylic acid groups (broad SMARTS) is 1. The SMILES string of the molecule is O=C(CNC(=O)NC1CCCCC1)NCC1(C(=O)O)CCCCC1. The molecule has 2 fully saturated rings. The summed E-state index contributed by atoms with van der Waals surface area (Å²) in [6.45, 7) is 0.00133. The highest BCUT2D eigenvalue weighted by molar-refractivity contribution is 5.84. The molecule has 7 heteroatoms. The quantitative estimate of drug-likeness (QED) is 0.591. The average molecular weight is 339 g/mol. The minimum absolute atomic E-state index is 0.131. The highest BCUT2D eigenvalue weighted by Gasteiger charge is 2.39. The number of nitrogens with one attached hydrogen (secondary N) is 3. The summed E-state index contributed by atoms with van der Waals surface area (Å²) in [6.07, 6.45) is 9.44. The summed E-state index contributed by atoms with van der Waals surface area (Å²) in [5.74, 6) is -1.19. The number of hydrogen-bond acceptors (Lipinski definition) is 3. The van der Waals surface area contributed by atoms with E-state index < -0.39 is 11.4 Å². The maximum atomic E-state index is 11.9. The van der Waals surface area contributed by atoms with Gasteiger partial charge in [-0.15, -0.1) is 0 Å². The molecule has 0 radical (unpaired) electrons. The van der Waals surface area contributed by atoms with Gasteiger partial charge < -0.3 is 21.1 Å². The molecule has 0 bridgehead atoms. The lowest BCUT2D eigenvalue weighted by Gasteiger charge is -2.33. The van der Waals surface area contributed by atoms with E-state index in [1.807, 2.05) is 0 Å². The van der Waals surface area contributed by atoms with E-state index in [0.717, 1.165) is 44.9 Å². The fraction of sp³-hybridized carbons (Fsp3) is 0.824. The van der Waals surface area contributed by atoms with Gasteiger partial charge in [-0.25, -0.2) is 4.79 Å². The van der Waals surface area contributed by atoms with Crippen molar-refractivity contribution in [3.05, 3.63) is 0 Å². The van der Waals surface area contributed by atoms with Crippen molar-refractivity contribution in [3.63, 3.8) is 0 Å². The summed E-state index contributed by atoms with van der Waals surface area (Å²) in [5, 5.41) is 17.6. The van der Waals surface area contributed by atoms with E-state index in [0.29, 0.717) is 12.8 Å². The molecule has 24 heavy (non-hydrogen) atoms. The first-order chi connectivity index (χ1) is 11.5. The first-order valence-electron chi connectivity index (χ1n) is 9.06. The number of urea groups is 1. The Bertz CT molecular complexity index is 455. The molecule has 2 saturated carbocycles. The molecule has 0 aromatic carbocycles. The molecule has 3 amide bonds. The Balaban J connectivity index is 1.68. The van der Waals surface area contributed by atoms with Gasteiger partial charge in [-0.3, -0.25) is 9.59 Å². The maximum Gasteiger partial charge on any atom is 0.315 e. The first kappa shape index (κ1) is 18.5. The number of carbonyl (C=O) groups is 3. The standard InChI is InChI=1S/C17H29N3O4/c21-14(11-18-16(24)20-13-7-3-1-4-8-13)19-12-17(15(22)23)9-5-2-6-10-17/h13H,1-12H2,(H,19,21)(H,22,23)(H2,18,20,24). The Kier molecular flexibility index (Phi) is 6.87. The molecule has 0 saturated heterocycles. The highest BCUT2D eigenvalue weighted by Crippen LogP contribution is 2.35. The number of amides is 3. The van der Waals surface area contributed by atoms with E-state index in [-0.39, 0.29) is 31.1 Å². The highest BCUT2D eigenvalue weighted by atomic mass is 16.4. The Hall–Kier alpha value is -1.79. The molecule has 2 aliphatic carbocycles. The molecule has 0 heterocycles. The minimum Gasteiger partial charge on any atom is -0.481 e. The van der Waals surface area contributed by atoms with Gasteiger partial charge in [-0.2, -0.15) is 0 Å². The molecular weight excluding hydrogens is 310 g/mol. The van der Waals surface area contributed by atoms with Crippen molar-refractivity contribution in [1.82, 2.24) is 16.0 Å². The summed E-state index contributed by atoms with van der Waals surface area (Å²) in [4.78, 5) is 35.2. The predicted molar refractivity (Wildman–Crippen MR) is 89.6 cm³/mol. The molecule has 0 atom stereocenters. The first-order valence-corrected chi connectivity index (χ1v) is 9.06. The van der Waals surface area contributed by atoms with Crippen molar-refractivity contribution in [2.75, 3.05) is 13.1 Å². The van der Waals surface area contributed by atoms with Crippen LogP contribution >= 0.6 is 0 Å². The Morgan fingerprint density at radius 1 is 0.917 bits per heavy atom. The number of rotatable bonds is 6. The molecule has 0 unspecified atom stereocenters. The molecule has 0 aromatic heterocycles. The topological polar surface area (TPSA) is 108 Å². The molecule has 0 aliphatic heterocycles. The van der Waals surface area contributed by atoms with E-state index in [2.05, 4.69) is 16.0 Å². The van der Waals surface area contributed by atoms with Crippen LogP contribution in [0.2, 0.25) is 0 Å². The van der Waals surface area contributed by atoms with Gasteiger partial charge in [-0.05, 0) is 25.7 Å². The van der Waals surface area contributed by atoms with Crippen LogP contribution in [0.5, 0.6) is 0 Å². The van der Waals surface area contributed by atoms with E-state index in [1.54, 1.807) is 0 Å². The number of aliphatic carboxylic acids is 1. The lowest BCUT2D eigenvalue weighted by molar-refractivity contribution is -0.151. The maximum absolute atomic E-state index is 11.9. The summed E-state index contributed by atoms with van der Waals surface area (Å²) >= 11 is 0. The zero-order valence-corrected chi connectivity index (χ0v) is 14.2. The largest absolute Gasteiger partial charge is 0.481 e. The molecule has 2 aliphatic rings. The lowest BCUT2D eigenvalue weighted by Crippen LogP contribution is -2.49. The molecule has 0 spiro atoms. The Morgan fingerprint density at radius 3 is 2.17 bits per heavy atom. The summed E-state index contributed by atoms with van der Waals surface area (Å²) in [6, 6.07) is -0.137. The van der Waals surface area contributed by atoms with Crippen molar-refractivity contribution in [2.45, 2.75) is 70.3 Å². The molecule has 136 valence electrons. The monoisotopic (exact) mass is 339 g/mol. The third-order valence-electron chi connectivity index (χ3n) is 5.24. The smallest absolute Gasteiger partial charge is 0.315 e. The van der Waals surface area contributed by atoms with Gasteiger partial charge in [0.25, 0.3) is 0 Å². The Labute approximate surface area is 142 Å². The third kappa shape index (κ3) is 5.39. The van der Waals surface area contributed by atoms with E-state index >= 15 is 0 Å². The minimum atomic E-state index is -0.849. The molecular formula is C17H29N3O4. The van der Waals surface area contributed by atoms with Gasteiger partial charge in [0, 0.05) is 12.6 Å². The molecule has 4 N–H and O–H groups in total. The summed E-state index contributed by atoms with van der Waals surface area (Å²) in [5.41, 5.74) is -0.849. The van der Waals surface area contributed by atoms with E-state index in [1.165, 1.54) is 6.42 Å². The van der Waals surface area contributed by atoms with Gasteiger partial charge in [0.1, 0.15) is 0 Å². The number of hydrogen-bond donors (Lipinski definition) is 4. The average Bonchev–Trinajstić information content (AvgIpc) is 2.60. The zero-order valence-electron chi connectivity index (χ0n) is 14.2. The normalized spacial score (nSPS) is 20.8. The molecule has 7 nitrogen and oxygen atoms in total. The Morgan fingerprint density at radius 2 is 1.54 bits per heavy atom. The van der Waals surface area contributed by atoms with Crippen LogP contribution in [0, 0.1) is 5.41 Å². The second-order valence-electron chi connectivity index (χ2n) is 7.08. The van der Waals surface area contributed by atoms with Crippen LogP contribution in [0.15, 0.2) is 0 Å². The van der Waals surface area contributed by atoms with Crippen molar-refractivity contribution >= 4 is 17.9 Å². The van der Waals surface area contributed by atoms with Crippen molar-refractivity contribution < 1.29 is 19.5 Å². The lowest BCUT2D eigenvalue weighted by atomic mass is 9.74. The van der Waals surface area contributed by atoms with Crippen LogP contribution in [-0.4, -0.2) is 42.1 Å². The van der Waals surface area contributed by atoms with Crippen molar-refractivity contribution in [3.8, 4) is 0 Å². The van der Waals surface area contributed by atoms with Gasteiger partial charge in [0.2, 0.25) is 5.91 Å². The predicted octanol–water partition coefficient (Wildman–Crippen LogP) is 1.77. The summed E-state index contributed by atoms with van der Waals surface area (Å²) < 4.78 is 0. The van der Waals surface area contributed by atoms with Crippen molar-refractivity contribution in [2.24, 2.45) is 5.41 Å². The van der Waals surface area contributed by atoms with Crippen LogP contribution in [0.3, 0.4) is 0 Å². The van der Waals surface area contributed by atoms with Gasteiger partial charge >= 0.3 is 12.0 Å². The second kappa shape index (κ2) is 8.89. The van der Waals surface area contributed by atoms with Crippen LogP contribution in [0.4, 0.5) is 4.79 Å². The fourth-order valence-electron chi connectivity index (χ4n) is 3.67. The van der Waals surface area contributed by atoms with E-state index in [9.17, 15) is 19.5 Å². The molecule has 0 aromatic rings. The number of carboxylic acids is 1. The van der Waals surface area contributed by atoms with Crippen molar-refractivity contribution in [1.29, 1.82) is 0 Å².